The van der Waals surface area contributed by atoms with Crippen molar-refractivity contribution in [3.05, 3.63) is 59.3 Å². The molecule has 17 heteroatoms. The summed E-state index contributed by atoms with van der Waals surface area (Å²) >= 11 is 0. The summed E-state index contributed by atoms with van der Waals surface area (Å²) in [5.74, 6) is -1.00. The summed E-state index contributed by atoms with van der Waals surface area (Å²) < 4.78 is 92.3. The van der Waals surface area contributed by atoms with Gasteiger partial charge in [-0.05, 0) is 35.4 Å². The molecule has 1 aliphatic heterocycles. The third-order valence-electron chi connectivity index (χ3n) is 5.17. The van der Waals surface area contributed by atoms with Crippen molar-refractivity contribution >= 4 is 60.5 Å². The molecule has 3 aromatic rings. The molecular formula is C22H22F3N7O5S2. The number of anilines is 6. The maximum Gasteiger partial charge on any atom is 0.421 e. The van der Waals surface area contributed by atoms with Crippen LogP contribution in [0.5, 0.6) is 0 Å². The molecule has 0 aliphatic carbocycles. The topological polar surface area (TPSA) is 171 Å². The highest BCUT2D eigenvalue weighted by molar-refractivity contribution is 7.92. The summed E-state index contributed by atoms with van der Waals surface area (Å²) in [5, 5.41) is 8.06. The Bertz CT molecular complexity index is 1610. The van der Waals surface area contributed by atoms with Crippen molar-refractivity contribution in [2.75, 3.05) is 37.9 Å². The Morgan fingerprint density at radius 2 is 1.64 bits per heavy atom. The van der Waals surface area contributed by atoms with Crippen molar-refractivity contribution in [1.29, 1.82) is 0 Å². The number of rotatable bonds is 9. The molecule has 2 heterocycles. The molecule has 0 spiro atoms. The number of carbonyl (C=O) groups excluding carboxylic acids is 1. The van der Waals surface area contributed by atoms with Gasteiger partial charge in [0, 0.05) is 12.7 Å². The largest absolute Gasteiger partial charge is 0.421 e. The van der Waals surface area contributed by atoms with E-state index in [1.807, 2.05) is 0 Å². The molecule has 4 rings (SSSR count). The van der Waals surface area contributed by atoms with Crippen molar-refractivity contribution in [2.24, 2.45) is 0 Å². The van der Waals surface area contributed by atoms with Crippen LogP contribution in [-0.4, -0.2) is 45.2 Å². The van der Waals surface area contributed by atoms with E-state index < -0.39 is 37.6 Å². The van der Waals surface area contributed by atoms with Gasteiger partial charge in [0.2, 0.25) is 31.9 Å². The number of benzene rings is 2. The van der Waals surface area contributed by atoms with Crippen LogP contribution in [0.1, 0.15) is 16.7 Å². The number of sulfonamides is 2. The van der Waals surface area contributed by atoms with Crippen LogP contribution in [0.2, 0.25) is 0 Å². The van der Waals surface area contributed by atoms with Crippen molar-refractivity contribution in [3.8, 4) is 0 Å². The van der Waals surface area contributed by atoms with E-state index in [9.17, 15) is 34.8 Å². The quantitative estimate of drug-likeness (QED) is 0.253. The van der Waals surface area contributed by atoms with E-state index in [1.165, 1.54) is 18.2 Å². The second-order valence-electron chi connectivity index (χ2n) is 8.66. The molecule has 0 bridgehead atoms. The number of carbonyl (C=O) groups is 1. The number of nitrogens with zero attached hydrogens (tertiary/aromatic N) is 2. The van der Waals surface area contributed by atoms with Crippen LogP contribution in [0.15, 0.2) is 42.6 Å². The molecule has 0 unspecified atom stereocenters. The molecule has 1 aromatic heterocycles. The van der Waals surface area contributed by atoms with E-state index in [1.54, 1.807) is 18.2 Å². The molecule has 1 amide bonds. The minimum Gasteiger partial charge on any atom is -0.365 e. The SMILES string of the molecule is CS(=O)(=O)Nc1cc(CNc2nc(Nc3cccc4c3NC(=O)C4)ncc2C(F)(F)F)cc(NS(C)(=O)=O)c1. The number of halogens is 3. The maximum absolute atomic E-state index is 13.7. The highest BCUT2D eigenvalue weighted by Crippen LogP contribution is 2.36. The van der Waals surface area contributed by atoms with Gasteiger partial charge in [-0.25, -0.2) is 21.8 Å². The number of para-hydroxylation sites is 1. The van der Waals surface area contributed by atoms with E-state index in [4.69, 9.17) is 0 Å². The van der Waals surface area contributed by atoms with Crippen LogP contribution in [0.3, 0.4) is 0 Å². The molecule has 0 saturated carbocycles. The second kappa shape index (κ2) is 10.2. The molecule has 39 heavy (non-hydrogen) atoms. The summed E-state index contributed by atoms with van der Waals surface area (Å²) in [6, 6.07) is 8.88. The zero-order valence-electron chi connectivity index (χ0n) is 20.3. The van der Waals surface area contributed by atoms with Crippen LogP contribution >= 0.6 is 0 Å². The Hall–Kier alpha value is -4.12. The first-order chi connectivity index (χ1) is 18.1. The summed E-state index contributed by atoms with van der Waals surface area (Å²) in [7, 11) is -7.48. The van der Waals surface area contributed by atoms with E-state index in [0.29, 0.717) is 23.1 Å². The normalized spacial score (nSPS) is 13.4. The Balaban J connectivity index is 1.65. The Morgan fingerprint density at radius 3 is 2.23 bits per heavy atom. The monoisotopic (exact) mass is 585 g/mol. The fraction of sp³-hybridized carbons (Fsp3) is 0.227. The van der Waals surface area contributed by atoms with Crippen LogP contribution in [-0.2, 0) is 44.0 Å². The van der Waals surface area contributed by atoms with E-state index in [-0.39, 0.29) is 41.8 Å². The lowest BCUT2D eigenvalue weighted by Crippen LogP contribution is -2.15. The fourth-order valence-corrected chi connectivity index (χ4v) is 4.88. The average Bonchev–Trinajstić information content (AvgIpc) is 3.16. The second-order valence-corrected chi connectivity index (χ2v) is 12.2. The van der Waals surface area contributed by atoms with Crippen LogP contribution in [0.25, 0.3) is 0 Å². The highest BCUT2D eigenvalue weighted by atomic mass is 32.2. The van der Waals surface area contributed by atoms with Gasteiger partial charge < -0.3 is 16.0 Å². The van der Waals surface area contributed by atoms with Crippen molar-refractivity contribution in [3.63, 3.8) is 0 Å². The van der Waals surface area contributed by atoms with Crippen molar-refractivity contribution < 1.29 is 34.8 Å². The maximum atomic E-state index is 13.7. The molecular weight excluding hydrogens is 563 g/mol. The van der Waals surface area contributed by atoms with Gasteiger partial charge in [-0.15, -0.1) is 0 Å². The van der Waals surface area contributed by atoms with Crippen LogP contribution < -0.4 is 25.4 Å². The van der Waals surface area contributed by atoms with Gasteiger partial charge in [-0.1, -0.05) is 12.1 Å². The van der Waals surface area contributed by atoms with Crippen LogP contribution in [0, 0.1) is 0 Å². The van der Waals surface area contributed by atoms with E-state index in [2.05, 4.69) is 35.4 Å². The standard InChI is InChI=1S/C22H22F3N7O5S2/c1-38(34,35)31-14-6-12(7-15(9-14)32-39(2,36)37)10-26-20-16(22(23,24)25)11-27-21(30-20)28-17-5-3-4-13-8-18(33)29-19(13)17/h3-7,9,11,31-32H,8,10H2,1-2H3,(H,29,33)(H2,26,27,28,30). The Morgan fingerprint density at radius 1 is 1.00 bits per heavy atom. The summed E-state index contributed by atoms with van der Waals surface area (Å²) in [4.78, 5) is 19.5. The molecule has 208 valence electrons. The zero-order valence-corrected chi connectivity index (χ0v) is 22.0. The molecule has 0 atom stereocenters. The number of amides is 1. The molecule has 12 nitrogen and oxygen atoms in total. The van der Waals surface area contributed by atoms with E-state index in [0.717, 1.165) is 12.5 Å². The first-order valence-corrected chi connectivity index (χ1v) is 14.8. The third-order valence-corrected chi connectivity index (χ3v) is 6.38. The van der Waals surface area contributed by atoms with Gasteiger partial charge in [-0.3, -0.25) is 14.2 Å². The smallest absolute Gasteiger partial charge is 0.365 e. The predicted octanol–water partition coefficient (Wildman–Crippen LogP) is 3.09. The molecule has 2 aromatic carbocycles. The first kappa shape index (κ1) is 27.9. The van der Waals surface area contributed by atoms with Gasteiger partial charge in [0.05, 0.1) is 41.7 Å². The zero-order chi connectivity index (χ0) is 28.6. The molecule has 0 radical (unpaired) electrons. The van der Waals surface area contributed by atoms with Crippen molar-refractivity contribution in [2.45, 2.75) is 19.1 Å². The lowest BCUT2D eigenvalue weighted by Gasteiger charge is -2.17. The number of hydrogen-bond donors (Lipinski definition) is 5. The van der Waals surface area contributed by atoms with Crippen molar-refractivity contribution in [1.82, 2.24) is 9.97 Å². The Kier molecular flexibility index (Phi) is 7.31. The minimum atomic E-state index is -4.81. The van der Waals surface area contributed by atoms with Gasteiger partial charge in [0.1, 0.15) is 11.4 Å². The number of nitrogens with one attached hydrogen (secondary N) is 5. The average molecular weight is 586 g/mol. The van der Waals surface area contributed by atoms with Gasteiger partial charge in [-0.2, -0.15) is 18.2 Å². The van der Waals surface area contributed by atoms with Gasteiger partial charge in [0.25, 0.3) is 0 Å². The minimum absolute atomic E-state index is 0.0102. The summed E-state index contributed by atoms with van der Waals surface area (Å²) in [6.07, 6.45) is -2.28. The van der Waals surface area contributed by atoms with Gasteiger partial charge in [0.15, 0.2) is 0 Å². The molecule has 0 saturated heterocycles. The molecule has 5 N–H and O–H groups in total. The lowest BCUT2D eigenvalue weighted by atomic mass is 10.1. The van der Waals surface area contributed by atoms with Gasteiger partial charge >= 0.3 is 6.18 Å². The number of aromatic nitrogens is 2. The number of fused-ring (bicyclic) bond motifs is 1. The summed E-state index contributed by atoms with van der Waals surface area (Å²) in [5.41, 5.74) is 0.616. The predicted molar refractivity (Wildman–Crippen MR) is 140 cm³/mol. The first-order valence-electron chi connectivity index (χ1n) is 11.0. The lowest BCUT2D eigenvalue weighted by molar-refractivity contribution is -0.137. The molecule has 0 fully saturated rings. The van der Waals surface area contributed by atoms with Crippen LogP contribution in [0.4, 0.5) is 47.7 Å². The summed E-state index contributed by atoms with van der Waals surface area (Å²) in [6.45, 7) is -0.298. The fourth-order valence-electron chi connectivity index (χ4n) is 3.79. The number of hydrogen-bond acceptors (Lipinski definition) is 9. The highest BCUT2D eigenvalue weighted by Gasteiger charge is 2.35. The van der Waals surface area contributed by atoms with E-state index >= 15 is 0 Å². The third kappa shape index (κ3) is 7.47. The number of alkyl halides is 3. The molecule has 1 aliphatic rings. The Labute approximate surface area is 221 Å².